The Bertz CT molecular complexity index is 949. The molecule has 1 saturated carbocycles. The van der Waals surface area contributed by atoms with Crippen molar-refractivity contribution in [2.45, 2.75) is 56.7 Å². The fraction of sp³-hybridized carbons (Fsp3) is 0.625. The Labute approximate surface area is 197 Å². The van der Waals surface area contributed by atoms with Gasteiger partial charge in [0.1, 0.15) is 12.8 Å². The summed E-state index contributed by atoms with van der Waals surface area (Å²) in [6, 6.07) is 3.46. The van der Waals surface area contributed by atoms with Gasteiger partial charge < -0.3 is 24.2 Å². The third-order valence-electron chi connectivity index (χ3n) is 7.95. The van der Waals surface area contributed by atoms with Crippen LogP contribution in [0.3, 0.4) is 0 Å². The molecule has 4 fully saturated rings. The number of esters is 1. The minimum Gasteiger partial charge on any atom is -0.454 e. The minimum atomic E-state index is -1.60. The number of quaternary nitrogens is 1. The summed E-state index contributed by atoms with van der Waals surface area (Å²) in [5, 5.41) is 22.1. The van der Waals surface area contributed by atoms with Gasteiger partial charge in [-0.3, -0.25) is 4.79 Å². The second-order valence-electron chi connectivity index (χ2n) is 9.96. The molecular weight excluding hydrogens is 442 g/mol. The van der Waals surface area contributed by atoms with Crippen molar-refractivity contribution >= 4 is 29.0 Å². The molecule has 2 N–H and O–H groups in total. The van der Waals surface area contributed by atoms with Crippen LogP contribution in [0.5, 0.6) is 0 Å². The molecule has 1 unspecified atom stereocenters. The predicted octanol–water partition coefficient (Wildman–Crippen LogP) is 3.29. The Balaban J connectivity index is 1.29. The highest BCUT2D eigenvalue weighted by molar-refractivity contribution is 7.08. The van der Waals surface area contributed by atoms with Crippen LogP contribution in [0, 0.1) is 11.8 Å². The van der Waals surface area contributed by atoms with Gasteiger partial charge >= 0.3 is 5.97 Å². The first kappa shape index (κ1) is 22.6. The monoisotopic (exact) mass is 474 g/mol. The molecule has 2 aromatic heterocycles. The lowest BCUT2D eigenvalue weighted by molar-refractivity contribution is -0.939. The van der Waals surface area contributed by atoms with Crippen LogP contribution < -0.4 is 5.32 Å². The third-order valence-corrected chi connectivity index (χ3v) is 8.64. The summed E-state index contributed by atoms with van der Waals surface area (Å²) in [4.78, 5) is 26.2. The summed E-state index contributed by atoms with van der Waals surface area (Å²) in [6.45, 7) is 2.70. The average molecular weight is 475 g/mol. The molecule has 33 heavy (non-hydrogen) atoms. The zero-order chi connectivity index (χ0) is 22.9. The molecule has 5 heterocycles. The number of carbonyl (C=O) groups is 2. The van der Waals surface area contributed by atoms with Gasteiger partial charge in [-0.25, -0.2) is 4.79 Å². The third kappa shape index (κ3) is 4.46. The molecule has 0 aromatic carbocycles. The number of fused-ring (bicyclic) bond motifs is 3. The van der Waals surface area contributed by atoms with Gasteiger partial charge in [-0.1, -0.05) is 24.4 Å². The van der Waals surface area contributed by atoms with Crippen molar-refractivity contribution in [1.82, 2.24) is 5.16 Å². The van der Waals surface area contributed by atoms with Gasteiger partial charge in [0.05, 0.1) is 13.1 Å². The number of carbonyl (C=O) groups excluding carboxylic acids is 2. The van der Waals surface area contributed by atoms with Crippen molar-refractivity contribution < 1.29 is 28.4 Å². The fourth-order valence-electron chi connectivity index (χ4n) is 6.09. The molecule has 0 radical (unpaired) electrons. The van der Waals surface area contributed by atoms with Crippen molar-refractivity contribution in [1.29, 1.82) is 0 Å². The van der Waals surface area contributed by atoms with Crippen molar-refractivity contribution in [3.05, 3.63) is 34.7 Å². The Morgan fingerprint density at radius 3 is 2.67 bits per heavy atom. The highest BCUT2D eigenvalue weighted by Gasteiger charge is 2.52. The molecule has 4 aliphatic rings. The largest absolute Gasteiger partial charge is 0.454 e. The van der Waals surface area contributed by atoms with Crippen LogP contribution in [0.4, 0.5) is 5.82 Å². The number of piperidine rings is 3. The lowest BCUT2D eigenvalue weighted by atomic mass is 9.74. The molecule has 2 bridgehead atoms. The number of nitrogens with zero attached hydrogens (tertiary/aromatic N) is 2. The maximum atomic E-state index is 13.6. The van der Waals surface area contributed by atoms with E-state index in [-0.39, 0.29) is 23.8 Å². The van der Waals surface area contributed by atoms with E-state index in [2.05, 4.69) is 10.5 Å². The summed E-state index contributed by atoms with van der Waals surface area (Å²) in [5.41, 5.74) is -0.941. The molecule has 3 aliphatic heterocycles. The number of hydrogen-bond acceptors (Lipinski definition) is 7. The molecule has 3 saturated heterocycles. The topological polar surface area (TPSA) is 102 Å². The van der Waals surface area contributed by atoms with Crippen LogP contribution in [-0.2, 0) is 19.9 Å². The van der Waals surface area contributed by atoms with Crippen molar-refractivity contribution in [2.75, 3.05) is 31.5 Å². The molecule has 1 amide bonds. The Morgan fingerprint density at radius 1 is 1.21 bits per heavy atom. The van der Waals surface area contributed by atoms with Gasteiger partial charge in [-0.2, -0.15) is 11.3 Å². The van der Waals surface area contributed by atoms with Gasteiger partial charge in [0.2, 0.25) is 0 Å². The number of thiophene rings is 1. The van der Waals surface area contributed by atoms with E-state index in [1.165, 1.54) is 17.6 Å². The van der Waals surface area contributed by atoms with Gasteiger partial charge in [0.25, 0.3) is 5.91 Å². The number of aliphatic hydroxyl groups is 1. The van der Waals surface area contributed by atoms with Gasteiger partial charge in [-0.15, -0.1) is 0 Å². The number of rotatable bonds is 7. The number of nitrogens with one attached hydrogen (secondary N) is 1. The van der Waals surface area contributed by atoms with E-state index >= 15 is 0 Å². The van der Waals surface area contributed by atoms with Crippen LogP contribution in [0.2, 0.25) is 0 Å². The van der Waals surface area contributed by atoms with Crippen LogP contribution in [0.1, 0.15) is 50.5 Å². The number of hydrogen-bond donors (Lipinski definition) is 2. The van der Waals surface area contributed by atoms with E-state index in [1.807, 2.05) is 16.8 Å². The first-order valence-corrected chi connectivity index (χ1v) is 12.9. The Morgan fingerprint density at radius 2 is 2.00 bits per heavy atom. The minimum absolute atomic E-state index is 0.119. The van der Waals surface area contributed by atoms with E-state index in [0.29, 0.717) is 29.0 Å². The molecular formula is C24H32N3O5S+. The molecule has 6 rings (SSSR count). The van der Waals surface area contributed by atoms with E-state index in [1.54, 1.807) is 6.07 Å². The van der Waals surface area contributed by atoms with Gasteiger partial charge in [-0.05, 0) is 29.7 Å². The molecule has 2 atom stereocenters. The number of anilines is 1. The maximum absolute atomic E-state index is 13.6. The zero-order valence-electron chi connectivity index (χ0n) is 18.8. The predicted molar refractivity (Wildman–Crippen MR) is 122 cm³/mol. The van der Waals surface area contributed by atoms with Crippen molar-refractivity contribution in [3.8, 4) is 0 Å². The highest BCUT2D eigenvalue weighted by Crippen LogP contribution is 2.43. The summed E-state index contributed by atoms with van der Waals surface area (Å²) in [7, 11) is 0. The van der Waals surface area contributed by atoms with Crippen LogP contribution in [0.15, 0.2) is 33.7 Å². The number of amides is 1. The first-order chi connectivity index (χ1) is 16.0. The molecule has 178 valence electrons. The number of ether oxygens (including phenoxy) is 1. The summed E-state index contributed by atoms with van der Waals surface area (Å²) in [5.74, 6) is -0.0686. The number of aromatic nitrogens is 1. The summed E-state index contributed by atoms with van der Waals surface area (Å²) >= 11 is 1.49. The first-order valence-electron chi connectivity index (χ1n) is 12.0. The lowest BCUT2D eigenvalue weighted by Gasteiger charge is -2.52. The lowest BCUT2D eigenvalue weighted by Crippen LogP contribution is -2.66. The van der Waals surface area contributed by atoms with E-state index < -0.39 is 11.6 Å². The normalized spacial score (nSPS) is 29.4. The Kier molecular flexibility index (Phi) is 6.28. The smallest absolute Gasteiger partial charge is 0.343 e. The van der Waals surface area contributed by atoms with Crippen LogP contribution in [0.25, 0.3) is 0 Å². The van der Waals surface area contributed by atoms with Crippen LogP contribution in [-0.4, -0.2) is 58.9 Å². The van der Waals surface area contributed by atoms with Crippen molar-refractivity contribution in [3.63, 3.8) is 0 Å². The zero-order valence-corrected chi connectivity index (χ0v) is 19.6. The fourth-order valence-corrected chi connectivity index (χ4v) is 6.80. The van der Waals surface area contributed by atoms with Gasteiger partial charge in [0, 0.05) is 36.3 Å². The molecule has 0 spiro atoms. The SMILES string of the molecule is O=C(C[N+]12CCC(CC1)[C@@H](OC(=O)C(O)(c1ccsc1)C1CCCCC1)C2)Nc1ccon1. The standard InChI is InChI=1S/C24H31N3O5S/c28-22(25-21-8-12-31-26-21)15-27-10-6-17(7-11-27)20(14-27)32-23(29)24(30,19-9-13-33-16-19)18-4-2-1-3-5-18/h8-9,12-13,16-18,20,30H,1-7,10-11,14-15H2/p+1/t17?,20-,24?,27?/m0/s1. The van der Waals surface area contributed by atoms with E-state index in [4.69, 9.17) is 9.26 Å². The summed E-state index contributed by atoms with van der Waals surface area (Å²) in [6.07, 6.45) is 7.82. The quantitative estimate of drug-likeness (QED) is 0.472. The molecule has 2 aromatic rings. The molecule has 9 heteroatoms. The molecule has 1 aliphatic carbocycles. The molecule has 8 nitrogen and oxygen atoms in total. The Hall–Kier alpha value is -2.23. The second-order valence-corrected chi connectivity index (χ2v) is 10.7. The second kappa shape index (κ2) is 9.19. The average Bonchev–Trinajstić information content (AvgIpc) is 3.54. The van der Waals surface area contributed by atoms with E-state index in [9.17, 15) is 14.7 Å². The maximum Gasteiger partial charge on any atom is 0.343 e. The van der Waals surface area contributed by atoms with Crippen LogP contribution >= 0.6 is 11.3 Å². The summed E-state index contributed by atoms with van der Waals surface area (Å²) < 4.78 is 11.5. The van der Waals surface area contributed by atoms with Gasteiger partial charge in [0.15, 0.2) is 24.1 Å². The highest BCUT2D eigenvalue weighted by atomic mass is 32.1. The van der Waals surface area contributed by atoms with Crippen molar-refractivity contribution in [2.24, 2.45) is 11.8 Å². The van der Waals surface area contributed by atoms with E-state index in [0.717, 1.165) is 58.0 Å².